The second kappa shape index (κ2) is 6.50. The number of hydrogen-bond acceptors (Lipinski definition) is 4. The number of rotatable bonds is 3. The van der Waals surface area contributed by atoms with Gasteiger partial charge in [0.15, 0.2) is 0 Å². The van der Waals surface area contributed by atoms with Crippen molar-refractivity contribution in [3.05, 3.63) is 52.7 Å². The highest BCUT2D eigenvalue weighted by molar-refractivity contribution is 5.74. The van der Waals surface area contributed by atoms with Crippen LogP contribution in [0.4, 0.5) is 4.39 Å². The van der Waals surface area contributed by atoms with Crippen molar-refractivity contribution in [3.63, 3.8) is 0 Å². The fourth-order valence-corrected chi connectivity index (χ4v) is 4.66. The maximum atomic E-state index is 13.8. The number of fused-ring (bicyclic) bond motifs is 1. The van der Waals surface area contributed by atoms with Crippen molar-refractivity contribution < 1.29 is 13.7 Å². The SMILES string of the molecule is CC(=O)N1C[C@H]2CN(Cc3c(C)noc3C)C[C@H]2[C@H]1c1cccc(F)c1. The summed E-state index contributed by atoms with van der Waals surface area (Å²) in [7, 11) is 0. The summed E-state index contributed by atoms with van der Waals surface area (Å²) in [6.07, 6.45) is 0. The summed E-state index contributed by atoms with van der Waals surface area (Å²) in [4.78, 5) is 16.5. The van der Waals surface area contributed by atoms with Gasteiger partial charge in [0.2, 0.25) is 5.91 Å². The van der Waals surface area contributed by atoms with Crippen molar-refractivity contribution in [2.24, 2.45) is 11.8 Å². The standard InChI is InChI=1S/C20H24FN3O2/c1-12-18(13(2)26-22-12)10-23-8-16-9-24(14(3)25)20(19(16)11-23)15-5-4-6-17(21)7-15/h4-7,16,19-20H,8-11H2,1-3H3/t16-,19-,20-/m1/s1. The van der Waals surface area contributed by atoms with E-state index in [1.165, 1.54) is 6.07 Å². The van der Waals surface area contributed by atoms with Crippen LogP contribution in [0.15, 0.2) is 28.8 Å². The van der Waals surface area contributed by atoms with Gasteiger partial charge in [0, 0.05) is 44.6 Å². The second-order valence-corrected chi connectivity index (χ2v) is 7.59. The van der Waals surface area contributed by atoms with Gasteiger partial charge >= 0.3 is 0 Å². The van der Waals surface area contributed by atoms with Gasteiger partial charge in [0.1, 0.15) is 11.6 Å². The van der Waals surface area contributed by atoms with Gasteiger partial charge in [-0.2, -0.15) is 0 Å². The Morgan fingerprint density at radius 1 is 1.31 bits per heavy atom. The largest absolute Gasteiger partial charge is 0.361 e. The molecule has 2 aliphatic rings. The molecule has 2 aliphatic heterocycles. The van der Waals surface area contributed by atoms with Gasteiger partial charge in [-0.3, -0.25) is 9.69 Å². The molecule has 3 atom stereocenters. The van der Waals surface area contributed by atoms with E-state index in [1.807, 2.05) is 24.8 Å². The number of benzene rings is 1. The minimum atomic E-state index is -0.250. The Morgan fingerprint density at radius 2 is 2.12 bits per heavy atom. The third-order valence-electron chi connectivity index (χ3n) is 5.90. The van der Waals surface area contributed by atoms with Crippen LogP contribution in [0.1, 0.15) is 35.5 Å². The average molecular weight is 357 g/mol. The van der Waals surface area contributed by atoms with E-state index in [2.05, 4.69) is 10.1 Å². The monoisotopic (exact) mass is 357 g/mol. The number of halogens is 1. The molecule has 1 aromatic heterocycles. The van der Waals surface area contributed by atoms with Crippen molar-refractivity contribution in [1.82, 2.24) is 15.0 Å². The van der Waals surface area contributed by atoms with E-state index in [9.17, 15) is 9.18 Å². The zero-order valence-corrected chi connectivity index (χ0v) is 15.4. The summed E-state index contributed by atoms with van der Waals surface area (Å²) in [6.45, 7) is 8.89. The van der Waals surface area contributed by atoms with Gasteiger partial charge in [0.25, 0.3) is 0 Å². The first kappa shape index (κ1) is 17.2. The topological polar surface area (TPSA) is 49.6 Å². The molecule has 0 N–H and O–H groups in total. The van der Waals surface area contributed by atoms with Crippen LogP contribution < -0.4 is 0 Å². The van der Waals surface area contributed by atoms with Crippen LogP contribution in [0.3, 0.4) is 0 Å². The Labute approximate surface area is 152 Å². The molecule has 2 fully saturated rings. The Kier molecular flexibility index (Phi) is 4.31. The molecule has 1 aromatic carbocycles. The Bertz CT molecular complexity index is 815. The molecule has 5 nitrogen and oxygen atoms in total. The van der Waals surface area contributed by atoms with Crippen LogP contribution in [-0.2, 0) is 11.3 Å². The molecule has 2 aromatic rings. The van der Waals surface area contributed by atoms with Crippen LogP contribution in [0.5, 0.6) is 0 Å². The van der Waals surface area contributed by atoms with Crippen molar-refractivity contribution in [2.45, 2.75) is 33.4 Å². The lowest BCUT2D eigenvalue weighted by atomic mass is 9.89. The lowest BCUT2D eigenvalue weighted by molar-refractivity contribution is -0.130. The van der Waals surface area contributed by atoms with E-state index in [1.54, 1.807) is 19.1 Å². The molecule has 138 valence electrons. The first-order valence-electron chi connectivity index (χ1n) is 9.11. The Morgan fingerprint density at radius 3 is 2.77 bits per heavy atom. The molecule has 2 saturated heterocycles. The summed E-state index contributed by atoms with van der Waals surface area (Å²) in [5.41, 5.74) is 2.98. The molecule has 0 saturated carbocycles. The quantitative estimate of drug-likeness (QED) is 0.847. The molecular formula is C20H24FN3O2. The minimum Gasteiger partial charge on any atom is -0.361 e. The molecule has 4 rings (SSSR count). The number of carbonyl (C=O) groups excluding carboxylic acids is 1. The molecule has 1 amide bonds. The maximum absolute atomic E-state index is 13.8. The van der Waals surface area contributed by atoms with Gasteiger partial charge < -0.3 is 9.42 Å². The van der Waals surface area contributed by atoms with Crippen molar-refractivity contribution in [1.29, 1.82) is 0 Å². The van der Waals surface area contributed by atoms with Crippen molar-refractivity contribution in [3.8, 4) is 0 Å². The Balaban J connectivity index is 1.57. The highest BCUT2D eigenvalue weighted by Crippen LogP contribution is 2.45. The molecule has 0 spiro atoms. The molecule has 0 aliphatic carbocycles. The predicted octanol–water partition coefficient (Wildman–Crippen LogP) is 3.08. The second-order valence-electron chi connectivity index (χ2n) is 7.59. The van der Waals surface area contributed by atoms with Crippen LogP contribution in [-0.4, -0.2) is 40.5 Å². The summed E-state index contributed by atoms with van der Waals surface area (Å²) in [5, 5.41) is 4.04. The first-order chi connectivity index (χ1) is 12.4. The first-order valence-corrected chi connectivity index (χ1v) is 9.11. The van der Waals surface area contributed by atoms with Crippen LogP contribution in [0, 0.1) is 31.5 Å². The van der Waals surface area contributed by atoms with Crippen LogP contribution in [0.25, 0.3) is 0 Å². The average Bonchev–Trinajstić information content (AvgIpc) is 3.23. The van der Waals surface area contributed by atoms with E-state index in [-0.39, 0.29) is 17.8 Å². The summed E-state index contributed by atoms with van der Waals surface area (Å²) < 4.78 is 19.1. The van der Waals surface area contributed by atoms with E-state index in [0.717, 1.165) is 48.8 Å². The highest BCUT2D eigenvalue weighted by Gasteiger charge is 2.48. The third-order valence-corrected chi connectivity index (χ3v) is 5.90. The van der Waals surface area contributed by atoms with Crippen LogP contribution in [0.2, 0.25) is 0 Å². The van der Waals surface area contributed by atoms with Crippen molar-refractivity contribution in [2.75, 3.05) is 19.6 Å². The van der Waals surface area contributed by atoms with Crippen LogP contribution >= 0.6 is 0 Å². The number of carbonyl (C=O) groups is 1. The normalized spacial score (nSPS) is 25.7. The van der Waals surface area contributed by atoms with Gasteiger partial charge in [0.05, 0.1) is 11.7 Å². The lowest BCUT2D eigenvalue weighted by Crippen LogP contribution is -2.34. The molecular weight excluding hydrogens is 333 g/mol. The number of aromatic nitrogens is 1. The van der Waals surface area contributed by atoms with E-state index >= 15 is 0 Å². The van der Waals surface area contributed by atoms with E-state index in [0.29, 0.717) is 11.8 Å². The summed E-state index contributed by atoms with van der Waals surface area (Å²) in [6, 6.07) is 6.63. The van der Waals surface area contributed by atoms with Gasteiger partial charge in [-0.05, 0) is 37.5 Å². The van der Waals surface area contributed by atoms with Crippen molar-refractivity contribution >= 4 is 5.91 Å². The fraction of sp³-hybridized carbons (Fsp3) is 0.500. The molecule has 0 bridgehead atoms. The molecule has 0 unspecified atom stereocenters. The summed E-state index contributed by atoms with van der Waals surface area (Å²) in [5.74, 6) is 1.41. The Hall–Kier alpha value is -2.21. The lowest BCUT2D eigenvalue weighted by Gasteiger charge is -2.29. The minimum absolute atomic E-state index is 0.0529. The fourth-order valence-electron chi connectivity index (χ4n) is 4.66. The van der Waals surface area contributed by atoms with Gasteiger partial charge in [-0.15, -0.1) is 0 Å². The number of nitrogens with zero attached hydrogens (tertiary/aromatic N) is 3. The summed E-state index contributed by atoms with van der Waals surface area (Å²) >= 11 is 0. The smallest absolute Gasteiger partial charge is 0.219 e. The zero-order valence-electron chi connectivity index (χ0n) is 15.4. The van der Waals surface area contributed by atoms with Gasteiger partial charge in [-0.25, -0.2) is 4.39 Å². The predicted molar refractivity (Wildman–Crippen MR) is 94.8 cm³/mol. The third kappa shape index (κ3) is 2.92. The number of likely N-dealkylation sites (tertiary alicyclic amines) is 2. The molecule has 6 heteroatoms. The number of aryl methyl sites for hydroxylation is 2. The van der Waals surface area contributed by atoms with E-state index < -0.39 is 0 Å². The van der Waals surface area contributed by atoms with E-state index in [4.69, 9.17) is 4.52 Å². The molecule has 26 heavy (non-hydrogen) atoms. The molecule has 3 heterocycles. The van der Waals surface area contributed by atoms with Gasteiger partial charge in [-0.1, -0.05) is 17.3 Å². The number of hydrogen-bond donors (Lipinski definition) is 0. The highest BCUT2D eigenvalue weighted by atomic mass is 19.1. The number of amides is 1. The molecule has 0 radical (unpaired) electrons. The maximum Gasteiger partial charge on any atom is 0.219 e. The zero-order chi connectivity index (χ0) is 18.4.